The molecular weight excluding hydrogens is 214 g/mol. The van der Waals surface area contributed by atoms with Crippen LogP contribution in [0.4, 0.5) is 5.69 Å². The number of anilines is 1. The van der Waals surface area contributed by atoms with Crippen molar-refractivity contribution in [2.24, 2.45) is 0 Å². The summed E-state index contributed by atoms with van der Waals surface area (Å²) in [7, 11) is -0.792. The lowest BCUT2D eigenvalue weighted by Crippen LogP contribution is -2.23. The third-order valence-electron chi connectivity index (χ3n) is 3.08. The van der Waals surface area contributed by atoms with E-state index in [1.165, 1.54) is 37.0 Å². The van der Waals surface area contributed by atoms with E-state index in [0.717, 1.165) is 13.2 Å². The number of hydrogen-bond donors (Lipinski definition) is 1. The van der Waals surface area contributed by atoms with Crippen LogP contribution in [0.3, 0.4) is 0 Å². The highest BCUT2D eigenvalue weighted by molar-refractivity contribution is 6.51. The topological polar surface area (TPSA) is 21.3 Å². The minimum atomic E-state index is -0.792. The molecular formula is C13H21NOSi. The summed E-state index contributed by atoms with van der Waals surface area (Å²) >= 11 is 0. The van der Waals surface area contributed by atoms with E-state index < -0.39 is 9.04 Å². The van der Waals surface area contributed by atoms with Gasteiger partial charge in [0.15, 0.2) is 9.04 Å². The monoisotopic (exact) mass is 235 g/mol. The Balaban J connectivity index is 1.58. The largest absolute Gasteiger partial charge is 0.420 e. The first-order valence-electron chi connectivity index (χ1n) is 6.36. The van der Waals surface area contributed by atoms with Crippen LogP contribution in [0.2, 0.25) is 12.1 Å². The normalized spacial score (nSPS) is 20.6. The first-order chi connectivity index (χ1) is 7.95. The summed E-state index contributed by atoms with van der Waals surface area (Å²) in [4.78, 5) is 0. The Morgan fingerprint density at radius 1 is 1.19 bits per heavy atom. The predicted octanol–water partition coefficient (Wildman–Crippen LogP) is 3.02. The highest BCUT2D eigenvalue weighted by Crippen LogP contribution is 2.15. The van der Waals surface area contributed by atoms with E-state index in [0.29, 0.717) is 0 Å². The van der Waals surface area contributed by atoms with Crippen molar-refractivity contribution in [3.05, 3.63) is 30.3 Å². The number of hydrogen-bond acceptors (Lipinski definition) is 2. The van der Waals surface area contributed by atoms with Gasteiger partial charge in [0, 0.05) is 18.8 Å². The Bertz CT molecular complexity index is 285. The molecule has 3 heteroatoms. The fraction of sp³-hybridized carbons (Fsp3) is 0.538. The van der Waals surface area contributed by atoms with Crippen molar-refractivity contribution < 1.29 is 4.43 Å². The maximum atomic E-state index is 5.84. The Labute approximate surface area is 99.7 Å². The standard InChI is InChI=1S/C13H21NOSi/c1-2-7-13(8-3-1)14-9-6-12-16-11-5-4-10-15-16/h1-3,7-8,14,16H,4-6,9-12H2. The summed E-state index contributed by atoms with van der Waals surface area (Å²) in [6.45, 7) is 2.11. The highest BCUT2D eigenvalue weighted by atomic mass is 28.3. The number of nitrogens with one attached hydrogen (secondary N) is 1. The quantitative estimate of drug-likeness (QED) is 0.626. The zero-order valence-electron chi connectivity index (χ0n) is 9.82. The van der Waals surface area contributed by atoms with E-state index in [1.807, 2.05) is 6.07 Å². The lowest BCUT2D eigenvalue weighted by molar-refractivity contribution is 0.286. The van der Waals surface area contributed by atoms with Gasteiger partial charge in [0.25, 0.3) is 0 Å². The van der Waals surface area contributed by atoms with Crippen LogP contribution in [0.25, 0.3) is 0 Å². The molecule has 1 aromatic carbocycles. The first kappa shape index (κ1) is 11.7. The molecule has 1 aliphatic rings. The van der Waals surface area contributed by atoms with Crippen LogP contribution < -0.4 is 5.32 Å². The zero-order valence-corrected chi connectivity index (χ0v) is 11.0. The van der Waals surface area contributed by atoms with Crippen molar-refractivity contribution in [3.8, 4) is 0 Å². The molecule has 1 aliphatic heterocycles. The molecule has 0 saturated carbocycles. The van der Waals surface area contributed by atoms with Crippen LogP contribution in [0, 0.1) is 0 Å². The van der Waals surface area contributed by atoms with Crippen LogP contribution in [0.15, 0.2) is 30.3 Å². The lowest BCUT2D eigenvalue weighted by atomic mass is 10.3. The molecule has 1 heterocycles. The summed E-state index contributed by atoms with van der Waals surface area (Å²) in [6.07, 6.45) is 3.94. The maximum Gasteiger partial charge on any atom is 0.177 e. The number of benzene rings is 1. The maximum absolute atomic E-state index is 5.84. The molecule has 0 amide bonds. The van der Waals surface area contributed by atoms with Gasteiger partial charge in [-0.25, -0.2) is 0 Å². The van der Waals surface area contributed by atoms with E-state index in [4.69, 9.17) is 4.43 Å². The molecule has 0 spiro atoms. The van der Waals surface area contributed by atoms with Gasteiger partial charge in [-0.3, -0.25) is 0 Å². The highest BCUT2D eigenvalue weighted by Gasteiger charge is 2.14. The van der Waals surface area contributed by atoms with Gasteiger partial charge >= 0.3 is 0 Å². The van der Waals surface area contributed by atoms with Gasteiger partial charge < -0.3 is 9.74 Å². The average Bonchev–Trinajstić information content (AvgIpc) is 2.37. The van der Waals surface area contributed by atoms with Gasteiger partial charge in [-0.1, -0.05) is 24.6 Å². The van der Waals surface area contributed by atoms with Crippen LogP contribution in [-0.4, -0.2) is 22.2 Å². The molecule has 0 bridgehead atoms. The minimum Gasteiger partial charge on any atom is -0.420 e. The lowest BCUT2D eigenvalue weighted by Gasteiger charge is -2.21. The smallest absolute Gasteiger partial charge is 0.177 e. The second-order valence-electron chi connectivity index (χ2n) is 4.42. The molecule has 16 heavy (non-hydrogen) atoms. The summed E-state index contributed by atoms with van der Waals surface area (Å²) in [5, 5.41) is 3.45. The summed E-state index contributed by atoms with van der Waals surface area (Å²) in [5.74, 6) is 0. The fourth-order valence-electron chi connectivity index (χ4n) is 2.15. The molecule has 1 atom stereocenters. The van der Waals surface area contributed by atoms with Gasteiger partial charge in [-0.2, -0.15) is 0 Å². The molecule has 88 valence electrons. The predicted molar refractivity (Wildman–Crippen MR) is 71.5 cm³/mol. The van der Waals surface area contributed by atoms with Crippen LogP contribution in [0.5, 0.6) is 0 Å². The zero-order chi connectivity index (χ0) is 11.1. The first-order valence-corrected chi connectivity index (χ1v) is 8.46. The Morgan fingerprint density at radius 3 is 2.81 bits per heavy atom. The summed E-state index contributed by atoms with van der Waals surface area (Å²) in [5.41, 5.74) is 1.23. The van der Waals surface area contributed by atoms with Crippen molar-refractivity contribution in [2.45, 2.75) is 31.4 Å². The van der Waals surface area contributed by atoms with Crippen molar-refractivity contribution in [3.63, 3.8) is 0 Å². The number of para-hydroxylation sites is 1. The van der Waals surface area contributed by atoms with E-state index in [-0.39, 0.29) is 0 Å². The minimum absolute atomic E-state index is 0.792. The molecule has 1 N–H and O–H groups in total. The van der Waals surface area contributed by atoms with E-state index in [2.05, 4.69) is 29.6 Å². The second kappa shape index (κ2) is 6.71. The molecule has 0 aliphatic carbocycles. The molecule has 2 nitrogen and oxygen atoms in total. The molecule has 1 saturated heterocycles. The second-order valence-corrected chi connectivity index (χ2v) is 7.16. The third kappa shape index (κ3) is 3.98. The van der Waals surface area contributed by atoms with Crippen molar-refractivity contribution in [2.75, 3.05) is 18.5 Å². The third-order valence-corrected chi connectivity index (χ3v) is 5.89. The van der Waals surface area contributed by atoms with Crippen molar-refractivity contribution in [1.29, 1.82) is 0 Å². The molecule has 1 fully saturated rings. The van der Waals surface area contributed by atoms with E-state index >= 15 is 0 Å². The van der Waals surface area contributed by atoms with E-state index in [1.54, 1.807) is 0 Å². The van der Waals surface area contributed by atoms with E-state index in [9.17, 15) is 0 Å². The Morgan fingerprint density at radius 2 is 2.06 bits per heavy atom. The molecule has 1 unspecified atom stereocenters. The Kier molecular flexibility index (Phi) is 4.90. The molecule has 0 radical (unpaired) electrons. The fourth-order valence-corrected chi connectivity index (χ4v) is 4.68. The summed E-state index contributed by atoms with van der Waals surface area (Å²) < 4.78 is 5.84. The van der Waals surface area contributed by atoms with Gasteiger partial charge in [0.2, 0.25) is 0 Å². The molecule has 0 aromatic heterocycles. The average molecular weight is 235 g/mol. The van der Waals surface area contributed by atoms with Gasteiger partial charge in [0.05, 0.1) is 0 Å². The van der Waals surface area contributed by atoms with Crippen LogP contribution in [-0.2, 0) is 4.43 Å². The van der Waals surface area contributed by atoms with Crippen molar-refractivity contribution in [1.82, 2.24) is 0 Å². The SMILES string of the molecule is c1ccc(NCCC[SiH]2CCCCO2)cc1. The summed E-state index contributed by atoms with van der Waals surface area (Å²) in [6, 6.07) is 13.2. The van der Waals surface area contributed by atoms with Crippen molar-refractivity contribution >= 4 is 14.7 Å². The molecule has 2 rings (SSSR count). The number of rotatable bonds is 5. The van der Waals surface area contributed by atoms with Crippen LogP contribution in [0.1, 0.15) is 19.3 Å². The van der Waals surface area contributed by atoms with Gasteiger partial charge in [0.1, 0.15) is 0 Å². The van der Waals surface area contributed by atoms with Crippen LogP contribution >= 0.6 is 0 Å². The van der Waals surface area contributed by atoms with Gasteiger partial charge in [-0.05, 0) is 37.1 Å². The molecule has 1 aromatic rings. The van der Waals surface area contributed by atoms with Gasteiger partial charge in [-0.15, -0.1) is 0 Å². The Hall–Kier alpha value is -0.803.